The van der Waals surface area contributed by atoms with Crippen LogP contribution < -0.4 is 10.1 Å². The zero-order chi connectivity index (χ0) is 13.5. The summed E-state index contributed by atoms with van der Waals surface area (Å²) in [6.45, 7) is 0.891. The summed E-state index contributed by atoms with van der Waals surface area (Å²) in [5.74, 6) is 0.751. The number of carbonyl (C=O) groups excluding carboxylic acids is 1. The van der Waals surface area contributed by atoms with Crippen LogP contribution in [0.1, 0.15) is 11.3 Å². The third kappa shape index (κ3) is 4.93. The van der Waals surface area contributed by atoms with Crippen LogP contribution in [0.4, 0.5) is 0 Å². The highest BCUT2D eigenvalue weighted by molar-refractivity contribution is 7.16. The van der Waals surface area contributed by atoms with Crippen LogP contribution in [0.15, 0.2) is 42.5 Å². The Morgan fingerprint density at radius 2 is 2.00 bits per heavy atom. The average molecular weight is 296 g/mol. The minimum atomic E-state index is -0.0274. The normalized spacial score (nSPS) is 10.2. The standard InChI is InChI=1S/C14H14ClNO2S/c15-13-7-6-12(19-13)10-16-14(17)8-9-18-11-4-2-1-3-5-11/h1-7H,8-10H2,(H,16,17). The van der Waals surface area contributed by atoms with E-state index < -0.39 is 0 Å². The van der Waals surface area contributed by atoms with Crippen molar-refractivity contribution >= 4 is 28.8 Å². The molecule has 0 fully saturated rings. The number of hydrogen-bond donors (Lipinski definition) is 1. The summed E-state index contributed by atoms with van der Waals surface area (Å²) in [7, 11) is 0. The molecule has 1 amide bonds. The van der Waals surface area contributed by atoms with Crippen LogP contribution in [0.25, 0.3) is 0 Å². The zero-order valence-corrected chi connectivity index (χ0v) is 11.8. The molecule has 2 rings (SSSR count). The Hall–Kier alpha value is -1.52. The predicted molar refractivity (Wildman–Crippen MR) is 77.7 cm³/mol. The van der Waals surface area contributed by atoms with Gasteiger partial charge in [-0.2, -0.15) is 0 Å². The third-order valence-electron chi connectivity index (χ3n) is 2.43. The van der Waals surface area contributed by atoms with Gasteiger partial charge in [0.25, 0.3) is 0 Å². The summed E-state index contributed by atoms with van der Waals surface area (Å²) >= 11 is 7.28. The van der Waals surface area contributed by atoms with Crippen LogP contribution in [-0.4, -0.2) is 12.5 Å². The van der Waals surface area contributed by atoms with Gasteiger partial charge in [0.05, 0.1) is 23.9 Å². The number of thiophene rings is 1. The van der Waals surface area contributed by atoms with Gasteiger partial charge in [0.1, 0.15) is 5.75 Å². The molecule has 19 heavy (non-hydrogen) atoms. The predicted octanol–water partition coefficient (Wildman–Crippen LogP) is 3.49. The molecule has 0 spiro atoms. The smallest absolute Gasteiger partial charge is 0.223 e. The number of rotatable bonds is 6. The fourth-order valence-corrected chi connectivity index (χ4v) is 2.53. The maximum Gasteiger partial charge on any atom is 0.223 e. The van der Waals surface area contributed by atoms with Crippen LogP contribution in [0.5, 0.6) is 5.75 Å². The van der Waals surface area contributed by atoms with Crippen LogP contribution in [0.3, 0.4) is 0 Å². The summed E-state index contributed by atoms with van der Waals surface area (Å²) in [4.78, 5) is 12.6. The van der Waals surface area contributed by atoms with E-state index in [9.17, 15) is 4.79 Å². The second-order valence-electron chi connectivity index (χ2n) is 3.89. The van der Waals surface area contributed by atoms with E-state index in [0.717, 1.165) is 15.0 Å². The van der Waals surface area contributed by atoms with E-state index in [1.807, 2.05) is 42.5 Å². The Bertz CT molecular complexity index is 527. The summed E-state index contributed by atoms with van der Waals surface area (Å²) in [5, 5.41) is 2.83. The van der Waals surface area contributed by atoms with Crippen molar-refractivity contribution in [1.29, 1.82) is 0 Å². The molecule has 0 atom stereocenters. The van der Waals surface area contributed by atoms with Crippen molar-refractivity contribution in [2.75, 3.05) is 6.61 Å². The molecule has 1 N–H and O–H groups in total. The number of hydrogen-bond acceptors (Lipinski definition) is 3. The summed E-state index contributed by atoms with van der Waals surface area (Å²) < 4.78 is 6.19. The highest BCUT2D eigenvalue weighted by atomic mass is 35.5. The molecule has 0 saturated heterocycles. The molecule has 0 aliphatic carbocycles. The lowest BCUT2D eigenvalue weighted by atomic mass is 10.3. The lowest BCUT2D eigenvalue weighted by Gasteiger charge is -2.06. The van der Waals surface area contributed by atoms with Crippen molar-refractivity contribution in [2.24, 2.45) is 0 Å². The first-order chi connectivity index (χ1) is 9.24. The van der Waals surface area contributed by atoms with E-state index >= 15 is 0 Å². The number of halogens is 1. The largest absolute Gasteiger partial charge is 0.493 e. The molecule has 100 valence electrons. The van der Waals surface area contributed by atoms with Gasteiger partial charge in [-0.3, -0.25) is 4.79 Å². The van der Waals surface area contributed by atoms with E-state index in [-0.39, 0.29) is 5.91 Å². The molecule has 1 heterocycles. The minimum Gasteiger partial charge on any atom is -0.493 e. The van der Waals surface area contributed by atoms with Gasteiger partial charge in [-0.1, -0.05) is 29.8 Å². The molecule has 0 bridgehead atoms. The SMILES string of the molecule is O=C(CCOc1ccccc1)NCc1ccc(Cl)s1. The first kappa shape index (κ1) is 13.9. The van der Waals surface area contributed by atoms with Crippen molar-refractivity contribution in [2.45, 2.75) is 13.0 Å². The third-order valence-corrected chi connectivity index (χ3v) is 3.66. The van der Waals surface area contributed by atoms with Crippen LogP contribution in [0.2, 0.25) is 4.34 Å². The second-order valence-corrected chi connectivity index (χ2v) is 5.69. The monoisotopic (exact) mass is 295 g/mol. The molecule has 0 unspecified atom stereocenters. The number of amides is 1. The van der Waals surface area contributed by atoms with Gasteiger partial charge < -0.3 is 10.1 Å². The van der Waals surface area contributed by atoms with E-state index in [1.54, 1.807) is 0 Å². The zero-order valence-electron chi connectivity index (χ0n) is 10.3. The molecular formula is C14H14ClNO2S. The molecule has 5 heteroatoms. The first-order valence-electron chi connectivity index (χ1n) is 5.93. The Labute approximate surface area is 121 Å². The summed E-state index contributed by atoms with van der Waals surface area (Å²) in [5.41, 5.74) is 0. The Kier molecular flexibility index (Phi) is 5.24. The average Bonchev–Trinajstić information content (AvgIpc) is 2.83. The Morgan fingerprint density at radius 1 is 1.21 bits per heavy atom. The molecule has 0 aliphatic rings. The molecule has 1 aromatic carbocycles. The number of para-hydroxylation sites is 1. The highest BCUT2D eigenvalue weighted by Gasteiger charge is 2.03. The van der Waals surface area contributed by atoms with Crippen LogP contribution >= 0.6 is 22.9 Å². The molecule has 0 saturated carbocycles. The quantitative estimate of drug-likeness (QED) is 0.886. The van der Waals surface area contributed by atoms with Crippen LogP contribution in [0, 0.1) is 0 Å². The lowest BCUT2D eigenvalue weighted by Crippen LogP contribution is -2.23. The van der Waals surface area contributed by atoms with Crippen molar-refractivity contribution in [3.05, 3.63) is 51.7 Å². The minimum absolute atomic E-state index is 0.0274. The molecule has 3 nitrogen and oxygen atoms in total. The van der Waals surface area contributed by atoms with Crippen molar-refractivity contribution in [1.82, 2.24) is 5.32 Å². The van der Waals surface area contributed by atoms with Gasteiger partial charge in [0.15, 0.2) is 0 Å². The van der Waals surface area contributed by atoms with E-state index in [4.69, 9.17) is 16.3 Å². The van der Waals surface area contributed by atoms with Gasteiger partial charge in [-0.25, -0.2) is 0 Å². The van der Waals surface area contributed by atoms with E-state index in [2.05, 4.69) is 5.32 Å². The molecule has 1 aromatic heterocycles. The van der Waals surface area contributed by atoms with Gasteiger partial charge in [0.2, 0.25) is 5.91 Å². The lowest BCUT2D eigenvalue weighted by molar-refractivity contribution is -0.121. The number of benzene rings is 1. The number of nitrogens with one attached hydrogen (secondary N) is 1. The van der Waals surface area contributed by atoms with Gasteiger partial charge in [-0.15, -0.1) is 11.3 Å². The Morgan fingerprint density at radius 3 is 2.68 bits per heavy atom. The maximum atomic E-state index is 11.6. The van der Waals surface area contributed by atoms with Crippen molar-refractivity contribution in [3.63, 3.8) is 0 Å². The van der Waals surface area contributed by atoms with E-state index in [1.165, 1.54) is 11.3 Å². The summed E-state index contributed by atoms with van der Waals surface area (Å²) in [6, 6.07) is 13.2. The van der Waals surface area contributed by atoms with Crippen molar-refractivity contribution in [3.8, 4) is 5.75 Å². The molecular weight excluding hydrogens is 282 g/mol. The number of carbonyl (C=O) groups is 1. The fraction of sp³-hybridized carbons (Fsp3) is 0.214. The maximum absolute atomic E-state index is 11.6. The van der Waals surface area contributed by atoms with Crippen molar-refractivity contribution < 1.29 is 9.53 Å². The highest BCUT2D eigenvalue weighted by Crippen LogP contribution is 2.20. The van der Waals surface area contributed by atoms with E-state index in [0.29, 0.717) is 19.6 Å². The second kappa shape index (κ2) is 7.16. The Balaban J connectivity index is 1.65. The van der Waals surface area contributed by atoms with Gasteiger partial charge in [-0.05, 0) is 24.3 Å². The summed E-state index contributed by atoms with van der Waals surface area (Å²) in [6.07, 6.45) is 0.341. The fourth-order valence-electron chi connectivity index (χ4n) is 1.50. The van der Waals surface area contributed by atoms with Gasteiger partial charge >= 0.3 is 0 Å². The van der Waals surface area contributed by atoms with Gasteiger partial charge in [0, 0.05) is 4.88 Å². The number of ether oxygens (including phenoxy) is 1. The van der Waals surface area contributed by atoms with Crippen LogP contribution in [-0.2, 0) is 11.3 Å². The molecule has 0 aliphatic heterocycles. The molecule has 0 radical (unpaired) electrons. The molecule has 2 aromatic rings. The topological polar surface area (TPSA) is 38.3 Å². The first-order valence-corrected chi connectivity index (χ1v) is 7.12.